The number of phenolic OH excluding ortho intramolecular Hbond substituents is 1. The van der Waals surface area contributed by atoms with Crippen molar-refractivity contribution in [2.75, 3.05) is 29.1 Å². The molecule has 0 saturated carbocycles. The second kappa shape index (κ2) is 5.92. The number of benzene rings is 1. The topological polar surface area (TPSA) is 45.2 Å². The monoisotopic (exact) mass is 292 g/mol. The molecule has 1 aromatic heterocycles. The van der Waals surface area contributed by atoms with Gasteiger partial charge in [-0.05, 0) is 23.6 Å². The summed E-state index contributed by atoms with van der Waals surface area (Å²) in [6, 6.07) is 7.36. The average molecular weight is 292 g/mol. The van der Waals surface area contributed by atoms with E-state index in [1.54, 1.807) is 12.1 Å². The van der Waals surface area contributed by atoms with Crippen LogP contribution in [0.3, 0.4) is 0 Å². The van der Waals surface area contributed by atoms with Crippen molar-refractivity contribution >= 4 is 40.1 Å². The summed E-state index contributed by atoms with van der Waals surface area (Å²) in [7, 11) is 0. The third kappa shape index (κ3) is 3.09. The number of nitrogens with zero attached hydrogens (tertiary/aromatic N) is 1. The summed E-state index contributed by atoms with van der Waals surface area (Å²) < 4.78 is 0. The quantitative estimate of drug-likeness (QED) is 0.909. The highest BCUT2D eigenvalue weighted by Crippen LogP contribution is 2.27. The molecule has 0 aliphatic carbocycles. The standard InChI is InChI=1S/C14H16N2OS2/c17-11-2-1-10-3-4-15-14(13(10)7-11)16-8-12-9-18-5-6-19-12/h1-4,7,12,17H,5-6,8-9H2,(H,15,16). The van der Waals surface area contributed by atoms with Gasteiger partial charge in [-0.2, -0.15) is 23.5 Å². The Balaban J connectivity index is 1.78. The van der Waals surface area contributed by atoms with E-state index in [4.69, 9.17) is 0 Å². The van der Waals surface area contributed by atoms with Crippen molar-refractivity contribution in [2.24, 2.45) is 0 Å². The third-order valence-electron chi connectivity index (χ3n) is 3.13. The number of aromatic nitrogens is 1. The van der Waals surface area contributed by atoms with Gasteiger partial charge in [0.1, 0.15) is 11.6 Å². The molecule has 2 aromatic rings. The van der Waals surface area contributed by atoms with Gasteiger partial charge >= 0.3 is 0 Å². The molecule has 1 aliphatic heterocycles. The van der Waals surface area contributed by atoms with Crippen molar-refractivity contribution in [3.8, 4) is 5.75 Å². The molecule has 2 N–H and O–H groups in total. The van der Waals surface area contributed by atoms with E-state index < -0.39 is 0 Å². The number of thioether (sulfide) groups is 2. The van der Waals surface area contributed by atoms with Crippen molar-refractivity contribution in [3.05, 3.63) is 30.5 Å². The first-order valence-corrected chi connectivity index (χ1v) is 8.54. The van der Waals surface area contributed by atoms with Gasteiger partial charge < -0.3 is 10.4 Å². The second-order valence-electron chi connectivity index (χ2n) is 4.51. The molecule has 1 fully saturated rings. The van der Waals surface area contributed by atoms with Crippen molar-refractivity contribution in [2.45, 2.75) is 5.25 Å². The first kappa shape index (κ1) is 12.9. The molecule has 3 nitrogen and oxygen atoms in total. The second-order valence-corrected chi connectivity index (χ2v) is 7.07. The number of hydrogen-bond donors (Lipinski definition) is 2. The van der Waals surface area contributed by atoms with Crippen molar-refractivity contribution in [1.29, 1.82) is 0 Å². The van der Waals surface area contributed by atoms with Gasteiger partial charge in [0.15, 0.2) is 0 Å². The van der Waals surface area contributed by atoms with Crippen LogP contribution in [0.2, 0.25) is 0 Å². The minimum Gasteiger partial charge on any atom is -0.508 e. The number of hydrogen-bond acceptors (Lipinski definition) is 5. The van der Waals surface area contributed by atoms with E-state index in [2.05, 4.69) is 10.3 Å². The van der Waals surface area contributed by atoms with Gasteiger partial charge in [0, 0.05) is 40.6 Å². The summed E-state index contributed by atoms with van der Waals surface area (Å²) in [5.74, 6) is 4.85. The molecule has 0 amide bonds. The Morgan fingerprint density at radius 3 is 3.11 bits per heavy atom. The van der Waals surface area contributed by atoms with Crippen LogP contribution in [-0.2, 0) is 0 Å². The minimum atomic E-state index is 0.283. The Hall–Kier alpha value is -1.07. The Bertz CT molecular complexity index is 570. The van der Waals surface area contributed by atoms with Crippen LogP contribution in [0.25, 0.3) is 10.8 Å². The summed E-state index contributed by atoms with van der Waals surface area (Å²) in [5, 5.41) is 15.8. The van der Waals surface area contributed by atoms with Crippen LogP contribution in [0.1, 0.15) is 0 Å². The first-order chi connectivity index (χ1) is 9.33. The minimum absolute atomic E-state index is 0.283. The zero-order valence-electron chi connectivity index (χ0n) is 10.5. The largest absolute Gasteiger partial charge is 0.508 e. The van der Waals surface area contributed by atoms with Crippen molar-refractivity contribution < 1.29 is 5.11 Å². The average Bonchev–Trinajstić information content (AvgIpc) is 2.46. The summed E-state index contributed by atoms with van der Waals surface area (Å²) in [4.78, 5) is 4.39. The SMILES string of the molecule is Oc1ccc2ccnc(NCC3CSCCS3)c2c1. The van der Waals surface area contributed by atoms with Crippen molar-refractivity contribution in [3.63, 3.8) is 0 Å². The lowest BCUT2D eigenvalue weighted by molar-refractivity contribution is 0.476. The first-order valence-electron chi connectivity index (χ1n) is 6.34. The fourth-order valence-corrected chi connectivity index (χ4v) is 4.77. The maximum absolute atomic E-state index is 9.61. The van der Waals surface area contributed by atoms with E-state index >= 15 is 0 Å². The Kier molecular flexibility index (Phi) is 4.03. The molecule has 0 bridgehead atoms. The van der Waals surface area contributed by atoms with Crippen LogP contribution in [0.5, 0.6) is 5.75 Å². The van der Waals surface area contributed by atoms with Gasteiger partial charge in [0.2, 0.25) is 0 Å². The molecule has 3 rings (SSSR count). The van der Waals surface area contributed by atoms with Crippen LogP contribution in [0.15, 0.2) is 30.5 Å². The highest BCUT2D eigenvalue weighted by atomic mass is 32.2. The maximum Gasteiger partial charge on any atom is 0.133 e. The van der Waals surface area contributed by atoms with Gasteiger partial charge in [-0.15, -0.1) is 0 Å². The van der Waals surface area contributed by atoms with Gasteiger partial charge in [-0.25, -0.2) is 4.98 Å². The van der Waals surface area contributed by atoms with Crippen LogP contribution < -0.4 is 5.32 Å². The number of rotatable bonds is 3. The number of nitrogens with one attached hydrogen (secondary N) is 1. The molecule has 5 heteroatoms. The molecule has 100 valence electrons. The number of anilines is 1. The van der Waals surface area contributed by atoms with E-state index in [1.807, 2.05) is 41.9 Å². The molecule has 0 radical (unpaired) electrons. The van der Waals surface area contributed by atoms with Gasteiger partial charge in [0.05, 0.1) is 0 Å². The molecule has 2 heterocycles. The molecule has 1 unspecified atom stereocenters. The van der Waals surface area contributed by atoms with Gasteiger partial charge in [-0.1, -0.05) is 6.07 Å². The molecular weight excluding hydrogens is 276 g/mol. The number of aromatic hydroxyl groups is 1. The molecule has 0 spiro atoms. The number of phenols is 1. The van der Waals surface area contributed by atoms with Crippen molar-refractivity contribution in [1.82, 2.24) is 4.98 Å². The Labute approximate surface area is 121 Å². The van der Waals surface area contributed by atoms with E-state index in [-0.39, 0.29) is 5.75 Å². The fourth-order valence-electron chi connectivity index (χ4n) is 2.16. The summed E-state index contributed by atoms with van der Waals surface area (Å²) in [6.45, 7) is 0.930. The lowest BCUT2D eigenvalue weighted by Crippen LogP contribution is -2.23. The number of fused-ring (bicyclic) bond motifs is 1. The molecule has 1 atom stereocenters. The molecule has 1 aromatic carbocycles. The zero-order chi connectivity index (χ0) is 13.1. The summed E-state index contributed by atoms with van der Waals surface area (Å²) >= 11 is 4.05. The van der Waals surface area contributed by atoms with E-state index in [0.29, 0.717) is 5.25 Å². The summed E-state index contributed by atoms with van der Waals surface area (Å²) in [6.07, 6.45) is 1.81. The van der Waals surface area contributed by atoms with Crippen LogP contribution in [0.4, 0.5) is 5.82 Å². The van der Waals surface area contributed by atoms with E-state index in [1.165, 1.54) is 17.3 Å². The molecule has 1 aliphatic rings. The normalized spacial score (nSPS) is 19.5. The molecule has 19 heavy (non-hydrogen) atoms. The fraction of sp³-hybridized carbons (Fsp3) is 0.357. The predicted molar refractivity (Wildman–Crippen MR) is 85.5 cm³/mol. The Morgan fingerprint density at radius 2 is 2.26 bits per heavy atom. The lowest BCUT2D eigenvalue weighted by Gasteiger charge is -2.21. The zero-order valence-corrected chi connectivity index (χ0v) is 12.1. The van der Waals surface area contributed by atoms with Crippen LogP contribution >= 0.6 is 23.5 Å². The van der Waals surface area contributed by atoms with Crippen LogP contribution in [-0.4, -0.2) is 39.1 Å². The molecular formula is C14H16N2OS2. The smallest absolute Gasteiger partial charge is 0.133 e. The Morgan fingerprint density at radius 1 is 1.32 bits per heavy atom. The maximum atomic E-state index is 9.61. The predicted octanol–water partition coefficient (Wildman–Crippen LogP) is 3.20. The van der Waals surface area contributed by atoms with Gasteiger partial charge in [0.25, 0.3) is 0 Å². The third-order valence-corrected chi connectivity index (χ3v) is 5.98. The lowest BCUT2D eigenvalue weighted by atomic mass is 10.1. The van der Waals surface area contributed by atoms with Gasteiger partial charge in [-0.3, -0.25) is 0 Å². The number of pyridine rings is 1. The summed E-state index contributed by atoms with van der Waals surface area (Å²) in [5.41, 5.74) is 0. The highest BCUT2D eigenvalue weighted by molar-refractivity contribution is 8.06. The van der Waals surface area contributed by atoms with E-state index in [9.17, 15) is 5.11 Å². The van der Waals surface area contributed by atoms with E-state index in [0.717, 1.165) is 23.1 Å². The van der Waals surface area contributed by atoms with Crippen LogP contribution in [0, 0.1) is 0 Å². The molecule has 1 saturated heterocycles. The highest BCUT2D eigenvalue weighted by Gasteiger charge is 2.14.